The monoisotopic (exact) mass is 245 g/mol. The van der Waals surface area contributed by atoms with Crippen LogP contribution in [0.2, 0.25) is 0 Å². The number of hydrogen-bond donors (Lipinski definition) is 0. The molecule has 0 radical (unpaired) electrons. The zero-order chi connectivity index (χ0) is 7.23. The molecule has 1 aliphatic carbocycles. The Bertz CT molecular complexity index is 149. The third-order valence-corrected chi connectivity index (χ3v) is 3.58. The van der Waals surface area contributed by atoms with E-state index in [1.165, 1.54) is 29.9 Å². The van der Waals surface area contributed by atoms with Crippen LogP contribution in [0, 0.1) is 0 Å². The molecular formula is C8H11ClRh. The van der Waals surface area contributed by atoms with Crippen LogP contribution in [0.3, 0.4) is 0 Å². The van der Waals surface area contributed by atoms with E-state index < -0.39 is 0 Å². The predicted molar refractivity (Wildman–Crippen MR) is 41.5 cm³/mol. The van der Waals surface area contributed by atoms with Crippen LogP contribution in [0.15, 0.2) is 22.4 Å². The van der Waals surface area contributed by atoms with Gasteiger partial charge in [0.2, 0.25) is 0 Å². The van der Waals surface area contributed by atoms with Gasteiger partial charge in [-0.3, -0.25) is 0 Å². The number of allylic oxidation sites excluding steroid dienone is 4. The van der Waals surface area contributed by atoms with Crippen LogP contribution < -0.4 is 0 Å². The summed E-state index contributed by atoms with van der Waals surface area (Å²) in [6, 6.07) is 0. The van der Waals surface area contributed by atoms with E-state index in [1.54, 1.807) is 0 Å². The second-order valence-electron chi connectivity index (χ2n) is 2.27. The number of rotatable bonds is 1. The Kier molecular flexibility index (Phi) is 4.33. The Morgan fingerprint density at radius 3 is 2.80 bits per heavy atom. The van der Waals surface area contributed by atoms with Gasteiger partial charge in [-0.05, 0) is 0 Å². The Hall–Kier alpha value is 0.393. The molecule has 0 fully saturated rings. The first-order chi connectivity index (χ1) is 4.93. The van der Waals surface area contributed by atoms with Crippen LogP contribution >= 0.6 is 9.69 Å². The van der Waals surface area contributed by atoms with Gasteiger partial charge in [-0.1, -0.05) is 0 Å². The maximum atomic E-state index is 5.78. The van der Waals surface area contributed by atoms with Gasteiger partial charge in [0.15, 0.2) is 0 Å². The Morgan fingerprint density at radius 2 is 2.00 bits per heavy atom. The van der Waals surface area contributed by atoms with Crippen molar-refractivity contribution in [3.8, 4) is 0 Å². The van der Waals surface area contributed by atoms with Crippen LogP contribution in [0.1, 0.15) is 25.7 Å². The molecule has 0 nitrogen and oxygen atoms in total. The molecule has 0 aliphatic heterocycles. The van der Waals surface area contributed by atoms with Crippen LogP contribution in [-0.4, -0.2) is 0 Å². The normalized spacial score (nSPS) is 19.9. The third kappa shape index (κ3) is 2.99. The van der Waals surface area contributed by atoms with Crippen molar-refractivity contribution in [1.29, 1.82) is 0 Å². The Morgan fingerprint density at radius 1 is 1.20 bits per heavy atom. The predicted octanol–water partition coefficient (Wildman–Crippen LogP) is 3.24. The van der Waals surface area contributed by atoms with Gasteiger partial charge in [0.1, 0.15) is 0 Å². The molecule has 1 aliphatic rings. The van der Waals surface area contributed by atoms with Crippen LogP contribution in [-0.2, 0) is 16.1 Å². The molecule has 0 atom stereocenters. The zero-order valence-electron chi connectivity index (χ0n) is 5.77. The van der Waals surface area contributed by atoms with Crippen molar-refractivity contribution in [1.82, 2.24) is 0 Å². The van der Waals surface area contributed by atoms with E-state index in [4.69, 9.17) is 9.69 Å². The molecule has 0 spiro atoms. The fraction of sp³-hybridized carbons (Fsp3) is 0.500. The van der Waals surface area contributed by atoms with Gasteiger partial charge in [-0.15, -0.1) is 0 Å². The van der Waals surface area contributed by atoms with Crippen LogP contribution in [0.4, 0.5) is 0 Å². The summed E-state index contributed by atoms with van der Waals surface area (Å²) in [5, 5.41) is 0. The first-order valence-corrected chi connectivity index (χ1v) is 6.42. The quantitative estimate of drug-likeness (QED) is 0.491. The first kappa shape index (κ1) is 8.49. The number of hydrogen-bond acceptors (Lipinski definition) is 0. The summed E-state index contributed by atoms with van der Waals surface area (Å²) in [5.74, 6) is 0. The second-order valence-corrected chi connectivity index (χ2v) is 4.38. The molecule has 10 heavy (non-hydrogen) atoms. The minimum atomic E-state index is 0.169. The van der Waals surface area contributed by atoms with Crippen LogP contribution in [0.5, 0.6) is 0 Å². The van der Waals surface area contributed by atoms with Crippen molar-refractivity contribution in [2.24, 2.45) is 0 Å². The van der Waals surface area contributed by atoms with Gasteiger partial charge in [-0.2, -0.15) is 0 Å². The minimum absolute atomic E-state index is 0.169. The van der Waals surface area contributed by atoms with Crippen molar-refractivity contribution in [2.45, 2.75) is 25.7 Å². The van der Waals surface area contributed by atoms with E-state index in [2.05, 4.69) is 18.2 Å². The third-order valence-electron chi connectivity index (χ3n) is 1.48. The first-order valence-electron chi connectivity index (χ1n) is 3.49. The molecule has 0 aromatic carbocycles. The zero-order valence-corrected chi connectivity index (χ0v) is 8.17. The summed E-state index contributed by atoms with van der Waals surface area (Å²) in [5.41, 5.74) is 0. The van der Waals surface area contributed by atoms with E-state index in [1.807, 2.05) is 0 Å². The molecule has 0 saturated carbocycles. The van der Waals surface area contributed by atoms with E-state index in [9.17, 15) is 0 Å². The SMILES string of the molecule is [Cl][Rh][C]1=CCCC=CCC1. The van der Waals surface area contributed by atoms with Crippen molar-refractivity contribution >= 4 is 9.69 Å². The summed E-state index contributed by atoms with van der Waals surface area (Å²) in [6.07, 6.45) is 11.6. The standard InChI is InChI=1S/C8H11.ClH.Rh/c1-2-4-6-8-7-5-3-1;;/h1-2,7H,3-6H2;1H;/q;;+1/p-1. The molecule has 0 aromatic rings. The molecule has 0 heterocycles. The van der Waals surface area contributed by atoms with Crippen molar-refractivity contribution in [2.75, 3.05) is 0 Å². The van der Waals surface area contributed by atoms with E-state index in [0.29, 0.717) is 0 Å². The number of halogens is 1. The van der Waals surface area contributed by atoms with Gasteiger partial charge >= 0.3 is 73.9 Å². The van der Waals surface area contributed by atoms with Crippen molar-refractivity contribution < 1.29 is 16.1 Å². The van der Waals surface area contributed by atoms with Gasteiger partial charge in [0, 0.05) is 0 Å². The second kappa shape index (κ2) is 5.10. The molecule has 0 saturated heterocycles. The average molecular weight is 246 g/mol. The Balaban J connectivity index is 2.41. The topological polar surface area (TPSA) is 0 Å². The van der Waals surface area contributed by atoms with Crippen LogP contribution in [0.25, 0.3) is 0 Å². The molecule has 0 amide bonds. The fourth-order valence-corrected chi connectivity index (χ4v) is 2.37. The van der Waals surface area contributed by atoms with Gasteiger partial charge in [0.25, 0.3) is 0 Å². The summed E-state index contributed by atoms with van der Waals surface area (Å²) < 4.78 is 1.48. The molecule has 0 bridgehead atoms. The average Bonchev–Trinajstić information content (AvgIpc) is 1.87. The summed E-state index contributed by atoms with van der Waals surface area (Å²) >= 11 is 0.169. The van der Waals surface area contributed by atoms with Gasteiger partial charge < -0.3 is 0 Å². The van der Waals surface area contributed by atoms with Gasteiger partial charge in [0.05, 0.1) is 0 Å². The van der Waals surface area contributed by atoms with E-state index in [0.717, 1.165) is 0 Å². The fourth-order valence-electron chi connectivity index (χ4n) is 0.939. The van der Waals surface area contributed by atoms with Crippen molar-refractivity contribution in [3.05, 3.63) is 22.4 Å². The molecule has 0 aromatic heterocycles. The summed E-state index contributed by atoms with van der Waals surface area (Å²) in [7, 11) is 5.78. The van der Waals surface area contributed by atoms with Gasteiger partial charge in [-0.25, -0.2) is 0 Å². The maximum absolute atomic E-state index is 5.78. The molecule has 0 unspecified atom stereocenters. The molecular weight excluding hydrogens is 234 g/mol. The van der Waals surface area contributed by atoms with E-state index >= 15 is 0 Å². The molecule has 2 heteroatoms. The van der Waals surface area contributed by atoms with E-state index in [-0.39, 0.29) is 16.1 Å². The Labute approximate surface area is 74.0 Å². The molecule has 1 rings (SSSR count). The summed E-state index contributed by atoms with van der Waals surface area (Å²) in [6.45, 7) is 0. The summed E-state index contributed by atoms with van der Waals surface area (Å²) in [4.78, 5) is 0. The molecule has 59 valence electrons. The van der Waals surface area contributed by atoms with Crippen molar-refractivity contribution in [3.63, 3.8) is 0 Å². The molecule has 0 N–H and O–H groups in total.